The fourth-order valence-electron chi connectivity index (χ4n) is 0.642. The van der Waals surface area contributed by atoms with E-state index in [1.54, 1.807) is 0 Å². The summed E-state index contributed by atoms with van der Waals surface area (Å²) >= 11 is 0. The summed E-state index contributed by atoms with van der Waals surface area (Å²) in [6, 6.07) is 0. The van der Waals surface area contributed by atoms with E-state index < -0.39 is 0 Å². The molecule has 0 saturated carbocycles. The van der Waals surface area contributed by atoms with Crippen molar-refractivity contribution in [1.82, 2.24) is 0 Å². The predicted molar refractivity (Wildman–Crippen MR) is 54.9 cm³/mol. The number of hydrogen-bond donors (Lipinski definition) is 0. The molecule has 0 aromatic rings. The Morgan fingerprint density at radius 2 is 1.18 bits per heavy atom. The molecule has 0 heteroatoms. The summed E-state index contributed by atoms with van der Waals surface area (Å²) in [5, 5.41) is 0. The van der Waals surface area contributed by atoms with E-state index in [1.807, 2.05) is 0 Å². The van der Waals surface area contributed by atoms with Gasteiger partial charge in [-0.05, 0) is 5.92 Å². The van der Waals surface area contributed by atoms with E-state index in [9.17, 15) is 0 Å². The third-order valence-electron chi connectivity index (χ3n) is 2.10. The molecule has 0 rings (SSSR count). The van der Waals surface area contributed by atoms with Crippen molar-refractivity contribution in [1.29, 1.82) is 0 Å². The molecule has 0 aromatic carbocycles. The summed E-state index contributed by atoms with van der Waals surface area (Å²) < 4.78 is 0. The van der Waals surface area contributed by atoms with E-state index in [-0.39, 0.29) is 0 Å². The van der Waals surface area contributed by atoms with Gasteiger partial charge in [0, 0.05) is 0 Å². The Labute approximate surface area is 73.4 Å². The van der Waals surface area contributed by atoms with Crippen LogP contribution >= 0.6 is 0 Å². The van der Waals surface area contributed by atoms with Crippen molar-refractivity contribution < 1.29 is 0 Å². The zero-order chi connectivity index (χ0) is 9.11. The van der Waals surface area contributed by atoms with Gasteiger partial charge >= 0.3 is 0 Å². The van der Waals surface area contributed by atoms with Crippen molar-refractivity contribution in [3.8, 4) is 0 Å². The van der Waals surface area contributed by atoms with E-state index in [4.69, 9.17) is 0 Å². The second-order valence-electron chi connectivity index (χ2n) is 3.28. The van der Waals surface area contributed by atoms with Gasteiger partial charge in [-0.15, -0.1) is 0 Å². The maximum Gasteiger partial charge on any atom is -0.0448 e. The summed E-state index contributed by atoms with van der Waals surface area (Å²) in [6.45, 7) is 11.2. The summed E-state index contributed by atoms with van der Waals surface area (Å²) in [6.07, 6.45) is 6.74. The Kier molecular flexibility index (Phi) is 15.6. The minimum atomic E-state index is 0.935. The van der Waals surface area contributed by atoms with Crippen LogP contribution in [0.4, 0.5) is 0 Å². The van der Waals surface area contributed by atoms with E-state index in [1.165, 1.54) is 32.1 Å². The lowest BCUT2D eigenvalue weighted by Gasteiger charge is -1.98. The SMILES string of the molecule is CCC(C)CC.CCCCC. The van der Waals surface area contributed by atoms with E-state index in [0.717, 1.165) is 5.92 Å². The molecule has 0 unspecified atom stereocenters. The first-order valence-electron chi connectivity index (χ1n) is 5.22. The maximum atomic E-state index is 2.28. The van der Waals surface area contributed by atoms with Crippen LogP contribution in [0.5, 0.6) is 0 Å². The molecule has 0 aliphatic carbocycles. The van der Waals surface area contributed by atoms with Gasteiger partial charge in [0.2, 0.25) is 0 Å². The molecule has 0 N–H and O–H groups in total. The third kappa shape index (κ3) is 17.8. The van der Waals surface area contributed by atoms with Crippen LogP contribution in [0, 0.1) is 5.92 Å². The van der Waals surface area contributed by atoms with E-state index >= 15 is 0 Å². The van der Waals surface area contributed by atoms with Gasteiger partial charge in [0.25, 0.3) is 0 Å². The Hall–Kier alpha value is 0. The molecule has 0 atom stereocenters. The predicted octanol–water partition coefficient (Wildman–Crippen LogP) is 4.64. The maximum absolute atomic E-state index is 2.28. The lowest BCUT2D eigenvalue weighted by Crippen LogP contribution is -1.85. The van der Waals surface area contributed by atoms with Crippen molar-refractivity contribution in [2.24, 2.45) is 5.92 Å². The molecule has 0 spiro atoms. The first-order chi connectivity index (χ1) is 5.22. The molecule has 0 aliphatic rings. The molecule has 0 aromatic heterocycles. The second-order valence-corrected chi connectivity index (χ2v) is 3.28. The number of hydrogen-bond acceptors (Lipinski definition) is 0. The first kappa shape index (κ1) is 13.6. The topological polar surface area (TPSA) is 0 Å². The van der Waals surface area contributed by atoms with Crippen molar-refractivity contribution >= 4 is 0 Å². The van der Waals surface area contributed by atoms with Crippen LogP contribution in [0.25, 0.3) is 0 Å². The summed E-state index contributed by atoms with van der Waals surface area (Å²) in [5.74, 6) is 0.935. The molecule has 70 valence electrons. The van der Waals surface area contributed by atoms with Gasteiger partial charge in [-0.2, -0.15) is 0 Å². The molecule has 0 heterocycles. The third-order valence-corrected chi connectivity index (χ3v) is 2.10. The molecular weight excluding hydrogens is 132 g/mol. The Balaban J connectivity index is 0. The monoisotopic (exact) mass is 158 g/mol. The standard InChI is InChI=1S/C6H14.C5H12/c1-4-6(3)5-2;1-3-5-4-2/h6H,4-5H2,1-3H3;3-5H2,1-2H3. The van der Waals surface area contributed by atoms with E-state index in [0.29, 0.717) is 0 Å². The molecule has 0 bridgehead atoms. The number of unbranched alkanes of at least 4 members (excludes halogenated alkanes) is 2. The van der Waals surface area contributed by atoms with Crippen LogP contribution in [-0.2, 0) is 0 Å². The highest BCUT2D eigenvalue weighted by molar-refractivity contribution is 4.41. The van der Waals surface area contributed by atoms with Crippen LogP contribution in [0.3, 0.4) is 0 Å². The van der Waals surface area contributed by atoms with Gasteiger partial charge in [-0.3, -0.25) is 0 Å². The summed E-state index contributed by atoms with van der Waals surface area (Å²) in [5.41, 5.74) is 0. The van der Waals surface area contributed by atoms with Crippen molar-refractivity contribution in [2.75, 3.05) is 0 Å². The summed E-state index contributed by atoms with van der Waals surface area (Å²) in [7, 11) is 0. The lowest BCUT2D eigenvalue weighted by atomic mass is 10.1. The normalized spacial score (nSPS) is 9.27. The zero-order valence-corrected chi connectivity index (χ0v) is 9.11. The van der Waals surface area contributed by atoms with Gasteiger partial charge in [-0.25, -0.2) is 0 Å². The average molecular weight is 158 g/mol. The minimum Gasteiger partial charge on any atom is -0.0654 e. The molecule has 0 aliphatic heterocycles. The fraction of sp³-hybridized carbons (Fsp3) is 1.00. The van der Waals surface area contributed by atoms with Crippen LogP contribution in [0.1, 0.15) is 66.7 Å². The molecule has 0 radical (unpaired) electrons. The zero-order valence-electron chi connectivity index (χ0n) is 9.11. The fourth-order valence-corrected chi connectivity index (χ4v) is 0.642. The Bertz CT molecular complexity index is 42.0. The van der Waals surface area contributed by atoms with Gasteiger partial charge in [0.1, 0.15) is 0 Å². The van der Waals surface area contributed by atoms with Crippen LogP contribution in [-0.4, -0.2) is 0 Å². The quantitative estimate of drug-likeness (QED) is 0.559. The molecule has 0 amide bonds. The first-order valence-corrected chi connectivity index (χ1v) is 5.22. The van der Waals surface area contributed by atoms with Crippen molar-refractivity contribution in [3.05, 3.63) is 0 Å². The molecule has 0 nitrogen and oxygen atoms in total. The van der Waals surface area contributed by atoms with Gasteiger partial charge in [0.15, 0.2) is 0 Å². The molecule has 0 fully saturated rings. The molecule has 0 saturated heterocycles. The smallest absolute Gasteiger partial charge is 0.0448 e. The molecular formula is C11H26. The highest BCUT2D eigenvalue weighted by Crippen LogP contribution is 2.02. The van der Waals surface area contributed by atoms with Gasteiger partial charge in [-0.1, -0.05) is 66.7 Å². The molecule has 11 heavy (non-hydrogen) atoms. The van der Waals surface area contributed by atoms with E-state index in [2.05, 4.69) is 34.6 Å². The van der Waals surface area contributed by atoms with Gasteiger partial charge in [0.05, 0.1) is 0 Å². The minimum absolute atomic E-state index is 0.935. The largest absolute Gasteiger partial charge is 0.0654 e. The number of rotatable bonds is 4. The average Bonchev–Trinajstić information content (AvgIpc) is 2.06. The highest BCUT2D eigenvalue weighted by atomic mass is 13.9. The van der Waals surface area contributed by atoms with Crippen LogP contribution < -0.4 is 0 Å². The van der Waals surface area contributed by atoms with Crippen LogP contribution in [0.2, 0.25) is 0 Å². The Morgan fingerprint density at radius 1 is 0.818 bits per heavy atom. The van der Waals surface area contributed by atoms with Crippen molar-refractivity contribution in [3.63, 3.8) is 0 Å². The second kappa shape index (κ2) is 12.7. The van der Waals surface area contributed by atoms with Crippen molar-refractivity contribution in [2.45, 2.75) is 66.7 Å². The Morgan fingerprint density at radius 3 is 1.18 bits per heavy atom. The highest BCUT2D eigenvalue weighted by Gasteiger charge is 1.88. The van der Waals surface area contributed by atoms with Crippen LogP contribution in [0.15, 0.2) is 0 Å². The lowest BCUT2D eigenvalue weighted by molar-refractivity contribution is 0.544. The van der Waals surface area contributed by atoms with Gasteiger partial charge < -0.3 is 0 Å². The summed E-state index contributed by atoms with van der Waals surface area (Å²) in [4.78, 5) is 0.